The number of aliphatic hydroxyl groups is 1. The number of hydrogen-bond donors (Lipinski definition) is 1. The predicted molar refractivity (Wildman–Crippen MR) is 130 cm³/mol. The van der Waals surface area contributed by atoms with E-state index in [0.717, 1.165) is 11.6 Å². The molecule has 1 heterocycles. The van der Waals surface area contributed by atoms with E-state index in [0.29, 0.717) is 0 Å². The molecule has 0 fully saturated rings. The molecule has 1 aliphatic rings. The van der Waals surface area contributed by atoms with Gasteiger partial charge in [0.1, 0.15) is 17.3 Å². The van der Waals surface area contributed by atoms with Crippen LogP contribution < -0.4 is 13.9 Å². The van der Waals surface area contributed by atoms with Gasteiger partial charge in [-0.3, -0.25) is 4.79 Å². The highest BCUT2D eigenvalue weighted by Crippen LogP contribution is 2.67. The zero-order chi connectivity index (χ0) is 24.5. The summed E-state index contributed by atoms with van der Waals surface area (Å²) in [6, 6.07) is 28.8. The second kappa shape index (κ2) is 9.02. The molecule has 0 radical (unpaired) electrons. The molecular weight excluding hydrogens is 468 g/mol. The second-order valence-electron chi connectivity index (χ2n) is 8.02. The number of hydrogen-bond acceptors (Lipinski definition) is 5. The fourth-order valence-corrected chi connectivity index (χ4v) is 5.94. The molecule has 4 aromatic carbocycles. The van der Waals surface area contributed by atoms with Gasteiger partial charge < -0.3 is 19.1 Å². The quantitative estimate of drug-likeness (QED) is 0.329. The maximum absolute atomic E-state index is 14.5. The van der Waals surface area contributed by atoms with Gasteiger partial charge in [-0.15, -0.1) is 0 Å². The van der Waals surface area contributed by atoms with Crippen LogP contribution in [0.15, 0.2) is 109 Å². The number of halogens is 1. The largest absolute Gasteiger partial charge is 0.476 e. The fourth-order valence-electron chi connectivity index (χ4n) is 4.01. The van der Waals surface area contributed by atoms with E-state index < -0.39 is 24.7 Å². The van der Waals surface area contributed by atoms with Crippen molar-refractivity contribution in [1.82, 2.24) is 0 Å². The highest BCUT2D eigenvalue weighted by molar-refractivity contribution is 7.57. The van der Waals surface area contributed by atoms with Crippen LogP contribution in [0.4, 0.5) is 10.1 Å². The Morgan fingerprint density at radius 2 is 1.31 bits per heavy atom. The van der Waals surface area contributed by atoms with E-state index in [-0.39, 0.29) is 29.3 Å². The van der Waals surface area contributed by atoms with Crippen LogP contribution in [0.3, 0.4) is 0 Å². The zero-order valence-electron chi connectivity index (χ0n) is 18.5. The van der Waals surface area contributed by atoms with Crippen LogP contribution in [0.25, 0.3) is 0 Å². The van der Waals surface area contributed by atoms with Gasteiger partial charge in [0.15, 0.2) is 0 Å². The van der Waals surface area contributed by atoms with E-state index in [1.54, 1.807) is 36.4 Å². The van der Waals surface area contributed by atoms with Crippen LogP contribution in [0, 0.1) is 5.82 Å². The number of carbonyl (C=O) groups is 1. The smallest absolute Gasteiger partial charge is 0.414 e. The number of rotatable bonds is 7. The molecule has 1 amide bonds. The van der Waals surface area contributed by atoms with E-state index in [9.17, 15) is 18.9 Å². The van der Waals surface area contributed by atoms with E-state index in [4.69, 9.17) is 9.05 Å². The Morgan fingerprint density at radius 1 is 0.800 bits per heavy atom. The lowest BCUT2D eigenvalue weighted by Gasteiger charge is -2.31. The molecule has 8 heteroatoms. The predicted octanol–water partition coefficient (Wildman–Crippen LogP) is 5.87. The lowest BCUT2D eigenvalue weighted by atomic mass is 10.1. The van der Waals surface area contributed by atoms with Crippen LogP contribution in [0.1, 0.15) is 11.1 Å². The van der Waals surface area contributed by atoms with Crippen molar-refractivity contribution in [2.75, 3.05) is 4.90 Å². The number of carbonyl (C=O) groups excluding carboxylic acids is 1. The molecular formula is C27H21FNO5P. The summed E-state index contributed by atoms with van der Waals surface area (Å²) < 4.78 is 40.5. The van der Waals surface area contributed by atoms with Gasteiger partial charge in [-0.2, -0.15) is 0 Å². The Morgan fingerprint density at radius 3 is 1.86 bits per heavy atom. The van der Waals surface area contributed by atoms with Crippen LogP contribution in [-0.2, 0) is 21.2 Å². The van der Waals surface area contributed by atoms with Gasteiger partial charge in [0.05, 0.1) is 12.2 Å². The Bertz CT molecular complexity index is 1360. The Kier molecular flexibility index (Phi) is 5.89. The minimum atomic E-state index is -4.78. The van der Waals surface area contributed by atoms with Crippen LogP contribution in [0.5, 0.6) is 11.5 Å². The van der Waals surface area contributed by atoms with Gasteiger partial charge in [-0.25, -0.2) is 8.96 Å². The molecule has 1 unspecified atom stereocenters. The van der Waals surface area contributed by atoms with Crippen molar-refractivity contribution in [3.8, 4) is 11.5 Å². The van der Waals surface area contributed by atoms with Gasteiger partial charge >= 0.3 is 7.60 Å². The number of amides is 1. The lowest BCUT2D eigenvalue weighted by Crippen LogP contribution is -2.42. The van der Waals surface area contributed by atoms with E-state index in [2.05, 4.69) is 0 Å². The number of nitrogens with zero attached hydrogens (tertiary/aromatic N) is 1. The van der Waals surface area contributed by atoms with Gasteiger partial charge in [0, 0.05) is 5.56 Å². The standard InChI is InChI=1S/C27H21FNO5P/c28-21-16-17-25-24(18-21)27(31,26(30)29(25)19-20-10-4-1-5-11-20)35(32,33-22-12-6-2-7-13-22)34-23-14-8-3-9-15-23/h1-18,31H,19H2. The van der Waals surface area contributed by atoms with Gasteiger partial charge in [-0.1, -0.05) is 66.7 Å². The summed E-state index contributed by atoms with van der Waals surface area (Å²) in [4.78, 5) is 15.1. The van der Waals surface area contributed by atoms with Gasteiger partial charge in [-0.05, 0) is 48.0 Å². The molecule has 35 heavy (non-hydrogen) atoms. The summed E-state index contributed by atoms with van der Waals surface area (Å²) in [5.41, 5.74) is 0.799. The molecule has 176 valence electrons. The summed E-state index contributed by atoms with van der Waals surface area (Å²) >= 11 is 0. The molecule has 4 aromatic rings. The maximum atomic E-state index is 14.5. The molecule has 6 nitrogen and oxygen atoms in total. The number of para-hydroxylation sites is 2. The molecule has 5 rings (SSSR count). The first-order valence-electron chi connectivity index (χ1n) is 10.9. The molecule has 0 saturated carbocycles. The Balaban J connectivity index is 1.66. The molecule has 0 bridgehead atoms. The summed E-state index contributed by atoms with van der Waals surface area (Å²) in [5, 5.41) is 9.15. The molecule has 1 atom stereocenters. The monoisotopic (exact) mass is 489 g/mol. The average Bonchev–Trinajstić information content (AvgIpc) is 3.08. The highest BCUT2D eigenvalue weighted by Gasteiger charge is 2.66. The zero-order valence-corrected chi connectivity index (χ0v) is 19.3. The Hall–Kier alpha value is -3.93. The molecule has 0 aromatic heterocycles. The normalized spacial score (nSPS) is 17.2. The van der Waals surface area contributed by atoms with Crippen LogP contribution in [0.2, 0.25) is 0 Å². The van der Waals surface area contributed by atoms with Crippen LogP contribution in [-0.4, -0.2) is 11.0 Å². The second-order valence-corrected chi connectivity index (χ2v) is 10.0. The number of fused-ring (bicyclic) bond motifs is 1. The minimum Gasteiger partial charge on any atom is -0.414 e. The summed E-state index contributed by atoms with van der Waals surface area (Å²) in [6.07, 6.45) is 0. The van der Waals surface area contributed by atoms with Crippen molar-refractivity contribution in [2.24, 2.45) is 0 Å². The van der Waals surface area contributed by atoms with Crippen molar-refractivity contribution in [3.05, 3.63) is 126 Å². The minimum absolute atomic E-state index is 0.0668. The van der Waals surface area contributed by atoms with Crippen LogP contribution >= 0.6 is 7.60 Å². The van der Waals surface area contributed by atoms with Crippen molar-refractivity contribution < 1.29 is 27.9 Å². The fraction of sp³-hybridized carbons (Fsp3) is 0.0741. The molecule has 1 aliphatic heterocycles. The lowest BCUT2D eigenvalue weighted by molar-refractivity contribution is -0.130. The summed E-state index contributed by atoms with van der Waals surface area (Å²) in [7, 11) is -4.78. The molecule has 1 N–H and O–H groups in total. The molecule has 0 spiro atoms. The third kappa shape index (κ3) is 4.09. The van der Waals surface area contributed by atoms with E-state index in [1.165, 1.54) is 41.3 Å². The summed E-state index contributed by atoms with van der Waals surface area (Å²) in [5.74, 6) is -1.40. The molecule has 0 aliphatic carbocycles. The Labute approximate surface area is 201 Å². The average molecular weight is 489 g/mol. The van der Waals surface area contributed by atoms with Gasteiger partial charge in [0.2, 0.25) is 0 Å². The molecule has 0 saturated heterocycles. The summed E-state index contributed by atoms with van der Waals surface area (Å²) in [6.45, 7) is 0.0668. The van der Waals surface area contributed by atoms with Gasteiger partial charge in [0.25, 0.3) is 11.2 Å². The van der Waals surface area contributed by atoms with Crippen molar-refractivity contribution in [2.45, 2.75) is 11.9 Å². The van der Waals surface area contributed by atoms with Crippen molar-refractivity contribution >= 4 is 19.2 Å². The van der Waals surface area contributed by atoms with Crippen molar-refractivity contribution in [1.29, 1.82) is 0 Å². The number of benzene rings is 4. The van der Waals surface area contributed by atoms with E-state index >= 15 is 0 Å². The van der Waals surface area contributed by atoms with E-state index in [1.807, 2.05) is 30.3 Å². The maximum Gasteiger partial charge on any atom is 0.476 e. The first-order chi connectivity index (χ1) is 16.9. The topological polar surface area (TPSA) is 76.1 Å². The third-order valence-electron chi connectivity index (χ3n) is 5.69. The SMILES string of the molecule is O=C1N(Cc2ccccc2)c2ccc(F)cc2C1(O)P(=O)(Oc1ccccc1)Oc1ccccc1. The highest BCUT2D eigenvalue weighted by atomic mass is 31.2. The first kappa shape index (κ1) is 22.8. The first-order valence-corrected chi connectivity index (χ1v) is 12.4. The number of anilines is 1. The third-order valence-corrected chi connectivity index (χ3v) is 7.81. The van der Waals surface area contributed by atoms with Crippen molar-refractivity contribution in [3.63, 3.8) is 0 Å².